The molecule has 1 aliphatic heterocycles. The molecule has 3 rings (SSSR count). The summed E-state index contributed by atoms with van der Waals surface area (Å²) in [6.07, 6.45) is 2.49. The summed E-state index contributed by atoms with van der Waals surface area (Å²) in [4.78, 5) is 24.4. The van der Waals surface area contributed by atoms with Crippen LogP contribution < -0.4 is 0 Å². The fourth-order valence-corrected chi connectivity index (χ4v) is 3.15. The molecule has 0 atom stereocenters. The number of hydrogen-bond acceptors (Lipinski definition) is 4. The number of benzene rings is 1. The van der Waals surface area contributed by atoms with Crippen molar-refractivity contribution in [3.05, 3.63) is 30.0 Å². The van der Waals surface area contributed by atoms with Crippen LogP contribution in [0.3, 0.4) is 0 Å². The third-order valence-electron chi connectivity index (χ3n) is 4.42. The molecule has 2 aromatic rings. The molecule has 6 heteroatoms. The second-order valence-electron chi connectivity index (χ2n) is 5.97. The molecule has 1 fully saturated rings. The van der Waals surface area contributed by atoms with E-state index in [4.69, 9.17) is 9.63 Å². The second kappa shape index (κ2) is 6.81. The predicted octanol–water partition coefficient (Wildman–Crippen LogP) is 2.79. The highest BCUT2D eigenvalue weighted by Crippen LogP contribution is 2.32. The number of hydrogen-bond donors (Lipinski definition) is 1. The van der Waals surface area contributed by atoms with Crippen molar-refractivity contribution in [3.8, 4) is 0 Å². The van der Waals surface area contributed by atoms with Crippen molar-refractivity contribution in [2.45, 2.75) is 38.0 Å². The van der Waals surface area contributed by atoms with Crippen LogP contribution in [0.15, 0.2) is 28.8 Å². The van der Waals surface area contributed by atoms with Crippen LogP contribution >= 0.6 is 0 Å². The van der Waals surface area contributed by atoms with Crippen molar-refractivity contribution < 1.29 is 19.2 Å². The number of para-hydroxylation sites is 1. The lowest BCUT2D eigenvalue weighted by Crippen LogP contribution is -2.37. The van der Waals surface area contributed by atoms with Crippen LogP contribution in [0.4, 0.5) is 0 Å². The molecule has 1 saturated heterocycles. The molecule has 122 valence electrons. The van der Waals surface area contributed by atoms with Gasteiger partial charge in [0.2, 0.25) is 5.91 Å². The Balaban J connectivity index is 1.56. The standard InChI is InChI=1S/C17H20N2O4/c20-15(6-3-7-16(21)22)19-10-8-12(9-11-19)17-13-4-1-2-5-14(13)23-18-17/h1-2,4-5,12H,3,6-11H2,(H,21,22). The number of carbonyl (C=O) groups excluding carboxylic acids is 1. The average Bonchev–Trinajstić information content (AvgIpc) is 2.98. The molecule has 2 heterocycles. The molecule has 1 aromatic heterocycles. The fraction of sp³-hybridized carbons (Fsp3) is 0.471. The summed E-state index contributed by atoms with van der Waals surface area (Å²) in [5.74, 6) is -0.495. The second-order valence-corrected chi connectivity index (χ2v) is 5.97. The lowest BCUT2D eigenvalue weighted by Gasteiger charge is -2.31. The first-order valence-corrected chi connectivity index (χ1v) is 7.99. The predicted molar refractivity (Wildman–Crippen MR) is 84.1 cm³/mol. The van der Waals surface area contributed by atoms with Crippen molar-refractivity contribution >= 4 is 22.8 Å². The van der Waals surface area contributed by atoms with E-state index >= 15 is 0 Å². The van der Waals surface area contributed by atoms with Gasteiger partial charge in [0.25, 0.3) is 0 Å². The molecule has 0 spiro atoms. The van der Waals surface area contributed by atoms with E-state index in [2.05, 4.69) is 5.16 Å². The largest absolute Gasteiger partial charge is 0.481 e. The third-order valence-corrected chi connectivity index (χ3v) is 4.42. The van der Waals surface area contributed by atoms with Crippen LogP contribution in [-0.4, -0.2) is 40.1 Å². The smallest absolute Gasteiger partial charge is 0.303 e. The molecule has 1 aliphatic rings. The molecule has 6 nitrogen and oxygen atoms in total. The lowest BCUT2D eigenvalue weighted by atomic mass is 9.91. The number of carboxylic acid groups (broad SMARTS) is 1. The van der Waals surface area contributed by atoms with E-state index in [1.165, 1.54) is 0 Å². The first-order valence-electron chi connectivity index (χ1n) is 7.99. The van der Waals surface area contributed by atoms with Gasteiger partial charge in [-0.15, -0.1) is 0 Å². The summed E-state index contributed by atoms with van der Waals surface area (Å²) in [5.41, 5.74) is 1.79. The number of fused-ring (bicyclic) bond motifs is 1. The Morgan fingerprint density at radius 1 is 1.22 bits per heavy atom. The SMILES string of the molecule is O=C(O)CCCC(=O)N1CCC(c2noc3ccccc23)CC1. The van der Waals surface area contributed by atoms with E-state index in [9.17, 15) is 9.59 Å². The number of carbonyl (C=O) groups is 2. The molecule has 0 saturated carbocycles. The Morgan fingerprint density at radius 2 is 1.96 bits per heavy atom. The Hall–Kier alpha value is -2.37. The van der Waals surface area contributed by atoms with Gasteiger partial charge >= 0.3 is 5.97 Å². The van der Waals surface area contributed by atoms with Crippen molar-refractivity contribution in [2.75, 3.05) is 13.1 Å². The maximum Gasteiger partial charge on any atom is 0.303 e. The minimum atomic E-state index is -0.852. The van der Waals surface area contributed by atoms with E-state index in [1.54, 1.807) is 0 Å². The summed E-state index contributed by atoms with van der Waals surface area (Å²) in [6.45, 7) is 1.38. The lowest BCUT2D eigenvalue weighted by molar-refractivity contribution is -0.137. The van der Waals surface area contributed by atoms with Crippen LogP contribution in [0.25, 0.3) is 11.0 Å². The van der Waals surface area contributed by atoms with E-state index in [0.29, 0.717) is 31.8 Å². The number of amides is 1. The highest BCUT2D eigenvalue weighted by Gasteiger charge is 2.26. The highest BCUT2D eigenvalue weighted by molar-refractivity contribution is 5.80. The molecular weight excluding hydrogens is 296 g/mol. The Morgan fingerprint density at radius 3 is 2.70 bits per heavy atom. The highest BCUT2D eigenvalue weighted by atomic mass is 16.5. The zero-order valence-corrected chi connectivity index (χ0v) is 12.9. The molecule has 1 N–H and O–H groups in total. The third kappa shape index (κ3) is 3.52. The van der Waals surface area contributed by atoms with Gasteiger partial charge in [0.1, 0.15) is 0 Å². The van der Waals surface area contributed by atoms with Gasteiger partial charge in [-0.3, -0.25) is 9.59 Å². The van der Waals surface area contributed by atoms with Crippen LogP contribution in [0.5, 0.6) is 0 Å². The summed E-state index contributed by atoms with van der Waals surface area (Å²) in [7, 11) is 0. The van der Waals surface area contributed by atoms with Crippen LogP contribution in [0.2, 0.25) is 0 Å². The van der Waals surface area contributed by atoms with Crippen molar-refractivity contribution in [2.24, 2.45) is 0 Å². The monoisotopic (exact) mass is 316 g/mol. The number of carboxylic acids is 1. The van der Waals surface area contributed by atoms with E-state index < -0.39 is 5.97 Å². The van der Waals surface area contributed by atoms with Gasteiger partial charge in [-0.1, -0.05) is 17.3 Å². The maximum atomic E-state index is 12.1. The Labute approximate surface area is 134 Å². The summed E-state index contributed by atoms with van der Waals surface area (Å²) >= 11 is 0. The molecule has 1 aromatic carbocycles. The molecule has 0 aliphatic carbocycles. The van der Waals surface area contributed by atoms with Crippen molar-refractivity contribution in [1.82, 2.24) is 10.1 Å². The minimum absolute atomic E-state index is 0.0487. The minimum Gasteiger partial charge on any atom is -0.481 e. The van der Waals surface area contributed by atoms with E-state index in [0.717, 1.165) is 29.5 Å². The number of nitrogens with zero attached hydrogens (tertiary/aromatic N) is 2. The number of piperidine rings is 1. The van der Waals surface area contributed by atoms with Gasteiger partial charge in [-0.2, -0.15) is 0 Å². The fourth-order valence-electron chi connectivity index (χ4n) is 3.15. The topological polar surface area (TPSA) is 83.6 Å². The average molecular weight is 316 g/mol. The quantitative estimate of drug-likeness (QED) is 0.917. The van der Waals surface area contributed by atoms with Gasteiger partial charge in [-0.25, -0.2) is 0 Å². The van der Waals surface area contributed by atoms with Gasteiger partial charge < -0.3 is 14.5 Å². The molecule has 0 bridgehead atoms. The van der Waals surface area contributed by atoms with Crippen LogP contribution in [-0.2, 0) is 9.59 Å². The van der Waals surface area contributed by atoms with E-state index in [1.807, 2.05) is 29.2 Å². The first kappa shape index (κ1) is 15.5. The number of rotatable bonds is 5. The van der Waals surface area contributed by atoms with E-state index in [-0.39, 0.29) is 12.3 Å². The molecular formula is C17H20N2O4. The molecule has 0 radical (unpaired) electrons. The van der Waals surface area contributed by atoms with Crippen molar-refractivity contribution in [1.29, 1.82) is 0 Å². The molecule has 0 unspecified atom stereocenters. The summed E-state index contributed by atoms with van der Waals surface area (Å²) in [6, 6.07) is 7.83. The van der Waals surface area contributed by atoms with Gasteiger partial charge in [-0.05, 0) is 31.4 Å². The normalized spacial score (nSPS) is 15.9. The number of likely N-dealkylation sites (tertiary alicyclic amines) is 1. The maximum absolute atomic E-state index is 12.1. The van der Waals surface area contributed by atoms with Gasteiger partial charge in [0, 0.05) is 37.2 Å². The number of aromatic nitrogens is 1. The molecule has 1 amide bonds. The van der Waals surface area contributed by atoms with Crippen LogP contribution in [0.1, 0.15) is 43.7 Å². The van der Waals surface area contributed by atoms with Gasteiger partial charge in [0.05, 0.1) is 5.69 Å². The van der Waals surface area contributed by atoms with Crippen LogP contribution in [0, 0.1) is 0 Å². The Kier molecular flexibility index (Phi) is 4.60. The Bertz CT molecular complexity index is 701. The van der Waals surface area contributed by atoms with Gasteiger partial charge in [0.15, 0.2) is 5.58 Å². The summed E-state index contributed by atoms with van der Waals surface area (Å²) in [5, 5.41) is 13.9. The molecule has 23 heavy (non-hydrogen) atoms. The summed E-state index contributed by atoms with van der Waals surface area (Å²) < 4.78 is 5.37. The number of aliphatic carboxylic acids is 1. The van der Waals surface area contributed by atoms with Crippen molar-refractivity contribution in [3.63, 3.8) is 0 Å². The zero-order valence-electron chi connectivity index (χ0n) is 12.9. The zero-order chi connectivity index (χ0) is 16.2. The first-order chi connectivity index (χ1) is 11.1.